The zero-order valence-electron chi connectivity index (χ0n) is 20.3. The Labute approximate surface area is 206 Å². The molecule has 35 heavy (non-hydrogen) atoms. The monoisotopic (exact) mass is 478 g/mol. The van der Waals surface area contributed by atoms with Crippen LogP contribution in [-0.4, -0.2) is 42.3 Å². The van der Waals surface area contributed by atoms with E-state index in [2.05, 4.69) is 34.9 Å². The number of alkyl carbamates (subject to hydrolysis) is 1. The van der Waals surface area contributed by atoms with Crippen molar-refractivity contribution in [2.24, 2.45) is 17.8 Å². The summed E-state index contributed by atoms with van der Waals surface area (Å²) >= 11 is 0. The van der Waals surface area contributed by atoms with Crippen molar-refractivity contribution in [3.05, 3.63) is 59.7 Å². The smallest absolute Gasteiger partial charge is 0.407 e. The van der Waals surface area contributed by atoms with E-state index in [1.54, 1.807) is 0 Å². The molecule has 1 atom stereocenters. The van der Waals surface area contributed by atoms with Crippen LogP contribution in [0.5, 0.6) is 0 Å². The Balaban J connectivity index is 1.30. The first-order chi connectivity index (χ1) is 16.8. The number of carbonyl (C=O) groups is 3. The molecule has 186 valence electrons. The molecule has 0 unspecified atom stereocenters. The molecule has 0 radical (unpaired) electrons. The molecule has 3 N–H and O–H groups in total. The number of carbonyl (C=O) groups excluding carboxylic acids is 2. The summed E-state index contributed by atoms with van der Waals surface area (Å²) in [5, 5.41) is 14.8. The van der Waals surface area contributed by atoms with E-state index in [0.29, 0.717) is 19.4 Å². The SMILES string of the molecule is CC(C)[C@@H](NC(=O)OCC1c2ccccc2-c2ccccc21)C(=O)NCC1CCC(C(=O)O)CC1. The van der Waals surface area contributed by atoms with Crippen molar-refractivity contribution < 1.29 is 24.2 Å². The highest BCUT2D eigenvalue weighted by Crippen LogP contribution is 2.44. The quantitative estimate of drug-likeness (QED) is 0.516. The Morgan fingerprint density at radius 2 is 1.51 bits per heavy atom. The molecule has 2 amide bonds. The van der Waals surface area contributed by atoms with Crippen LogP contribution in [0.3, 0.4) is 0 Å². The lowest BCUT2D eigenvalue weighted by atomic mass is 9.82. The van der Waals surface area contributed by atoms with Gasteiger partial charge >= 0.3 is 12.1 Å². The summed E-state index contributed by atoms with van der Waals surface area (Å²) in [5.41, 5.74) is 4.59. The molecule has 2 aliphatic rings. The molecule has 0 aromatic heterocycles. The van der Waals surface area contributed by atoms with Gasteiger partial charge in [-0.2, -0.15) is 0 Å². The lowest BCUT2D eigenvalue weighted by Gasteiger charge is -2.27. The Morgan fingerprint density at radius 1 is 0.943 bits per heavy atom. The molecule has 1 fully saturated rings. The number of hydrogen-bond acceptors (Lipinski definition) is 4. The fraction of sp³-hybridized carbons (Fsp3) is 0.464. The van der Waals surface area contributed by atoms with Crippen LogP contribution in [-0.2, 0) is 14.3 Å². The van der Waals surface area contributed by atoms with Crippen LogP contribution in [0.25, 0.3) is 11.1 Å². The average molecular weight is 479 g/mol. The predicted molar refractivity (Wildman–Crippen MR) is 133 cm³/mol. The lowest BCUT2D eigenvalue weighted by molar-refractivity contribution is -0.143. The summed E-state index contributed by atoms with van der Waals surface area (Å²) in [6.45, 7) is 4.44. The van der Waals surface area contributed by atoms with Crippen LogP contribution in [0.4, 0.5) is 4.79 Å². The molecule has 0 aliphatic heterocycles. The van der Waals surface area contributed by atoms with Crippen LogP contribution in [0.15, 0.2) is 48.5 Å². The highest BCUT2D eigenvalue weighted by Gasteiger charge is 2.31. The van der Waals surface area contributed by atoms with Crippen LogP contribution < -0.4 is 10.6 Å². The standard InChI is InChI=1S/C28H34N2O5/c1-17(2)25(26(31)29-15-18-11-13-19(14-12-18)27(32)33)30-28(34)35-16-24-22-9-5-3-7-20(22)21-8-4-6-10-23(21)24/h3-10,17-19,24-25H,11-16H2,1-2H3,(H,29,31)(H,30,34)(H,32,33)/t18?,19?,25-/m1/s1. The summed E-state index contributed by atoms with van der Waals surface area (Å²) in [4.78, 5) is 36.7. The van der Waals surface area contributed by atoms with E-state index < -0.39 is 18.1 Å². The second kappa shape index (κ2) is 10.9. The van der Waals surface area contributed by atoms with E-state index in [9.17, 15) is 14.4 Å². The fourth-order valence-electron chi connectivity index (χ4n) is 5.27. The van der Waals surface area contributed by atoms with Crippen LogP contribution in [0, 0.1) is 17.8 Å². The van der Waals surface area contributed by atoms with Gasteiger partial charge in [-0.25, -0.2) is 4.79 Å². The van der Waals surface area contributed by atoms with Gasteiger partial charge in [0, 0.05) is 12.5 Å². The van der Waals surface area contributed by atoms with E-state index in [1.807, 2.05) is 38.1 Å². The van der Waals surface area contributed by atoms with Crippen molar-refractivity contribution in [3.8, 4) is 11.1 Å². The first-order valence-corrected chi connectivity index (χ1v) is 12.5. The molecule has 7 nitrogen and oxygen atoms in total. The largest absolute Gasteiger partial charge is 0.481 e. The number of nitrogens with one attached hydrogen (secondary N) is 2. The molecule has 0 saturated heterocycles. The third-order valence-corrected chi connectivity index (χ3v) is 7.33. The molecular formula is C28H34N2O5. The van der Waals surface area contributed by atoms with E-state index in [-0.39, 0.29) is 36.2 Å². The second-order valence-electron chi connectivity index (χ2n) is 9.99. The van der Waals surface area contributed by atoms with E-state index >= 15 is 0 Å². The highest BCUT2D eigenvalue weighted by atomic mass is 16.5. The summed E-state index contributed by atoms with van der Waals surface area (Å²) in [6.07, 6.45) is 2.23. The minimum absolute atomic E-state index is 0.0413. The number of benzene rings is 2. The molecule has 2 aromatic rings. The Kier molecular flexibility index (Phi) is 7.73. The third kappa shape index (κ3) is 5.66. The van der Waals surface area contributed by atoms with Crippen LogP contribution >= 0.6 is 0 Å². The van der Waals surface area contributed by atoms with Crippen LogP contribution in [0.2, 0.25) is 0 Å². The summed E-state index contributed by atoms with van der Waals surface area (Å²) in [5.74, 6) is -1.15. The Bertz CT molecular complexity index is 1030. The minimum Gasteiger partial charge on any atom is -0.481 e. The van der Waals surface area contributed by atoms with Gasteiger partial charge in [-0.15, -0.1) is 0 Å². The number of fused-ring (bicyclic) bond motifs is 3. The lowest BCUT2D eigenvalue weighted by Crippen LogP contribution is -2.50. The van der Waals surface area contributed by atoms with Gasteiger partial charge in [0.05, 0.1) is 5.92 Å². The zero-order chi connectivity index (χ0) is 24.9. The number of ether oxygens (including phenoxy) is 1. The number of carboxylic acids is 1. The second-order valence-corrected chi connectivity index (χ2v) is 9.99. The number of carboxylic acid groups (broad SMARTS) is 1. The van der Waals surface area contributed by atoms with Gasteiger partial charge in [0.15, 0.2) is 0 Å². The highest BCUT2D eigenvalue weighted by molar-refractivity contribution is 5.86. The maximum Gasteiger partial charge on any atom is 0.407 e. The summed E-state index contributed by atoms with van der Waals surface area (Å²) < 4.78 is 5.61. The molecule has 4 rings (SSSR count). The molecule has 0 spiro atoms. The maximum atomic E-state index is 12.8. The van der Waals surface area contributed by atoms with Gasteiger partial charge < -0.3 is 20.5 Å². The molecule has 0 heterocycles. The number of amides is 2. The van der Waals surface area contributed by atoms with Crippen LogP contribution in [0.1, 0.15) is 56.6 Å². The summed E-state index contributed by atoms with van der Waals surface area (Å²) in [6, 6.07) is 15.6. The van der Waals surface area contributed by atoms with Gasteiger partial charge in [-0.1, -0.05) is 62.4 Å². The summed E-state index contributed by atoms with van der Waals surface area (Å²) in [7, 11) is 0. The first-order valence-electron chi connectivity index (χ1n) is 12.5. The Morgan fingerprint density at radius 3 is 2.06 bits per heavy atom. The molecule has 0 bridgehead atoms. The number of aliphatic carboxylic acids is 1. The molecular weight excluding hydrogens is 444 g/mol. The first kappa shape index (κ1) is 24.8. The topological polar surface area (TPSA) is 105 Å². The van der Waals surface area contributed by atoms with Gasteiger partial charge in [0.2, 0.25) is 5.91 Å². The fourth-order valence-corrected chi connectivity index (χ4v) is 5.27. The minimum atomic E-state index is -0.736. The Hall–Kier alpha value is -3.35. The van der Waals surface area contributed by atoms with Crippen molar-refractivity contribution in [1.29, 1.82) is 0 Å². The van der Waals surface area contributed by atoms with Gasteiger partial charge in [0.25, 0.3) is 0 Å². The third-order valence-electron chi connectivity index (χ3n) is 7.33. The molecule has 2 aliphatic carbocycles. The average Bonchev–Trinajstić information content (AvgIpc) is 3.18. The van der Waals surface area contributed by atoms with Crippen molar-refractivity contribution in [1.82, 2.24) is 10.6 Å². The van der Waals surface area contributed by atoms with Crippen molar-refractivity contribution in [2.45, 2.75) is 51.5 Å². The van der Waals surface area contributed by atoms with E-state index in [0.717, 1.165) is 35.1 Å². The van der Waals surface area contributed by atoms with Gasteiger partial charge in [-0.3, -0.25) is 9.59 Å². The zero-order valence-corrected chi connectivity index (χ0v) is 20.3. The molecule has 1 saturated carbocycles. The van der Waals surface area contributed by atoms with E-state index in [4.69, 9.17) is 9.84 Å². The number of hydrogen-bond donors (Lipinski definition) is 3. The van der Waals surface area contributed by atoms with E-state index in [1.165, 1.54) is 0 Å². The maximum absolute atomic E-state index is 12.8. The van der Waals surface area contributed by atoms with Crippen molar-refractivity contribution in [2.75, 3.05) is 13.2 Å². The van der Waals surface area contributed by atoms with Crippen molar-refractivity contribution >= 4 is 18.0 Å². The number of rotatable bonds is 8. The van der Waals surface area contributed by atoms with Gasteiger partial charge in [0.1, 0.15) is 12.6 Å². The molecule has 7 heteroatoms. The van der Waals surface area contributed by atoms with Gasteiger partial charge in [-0.05, 0) is 59.8 Å². The normalized spacial score (nSPS) is 20.0. The molecule has 2 aromatic carbocycles. The predicted octanol–water partition coefficient (Wildman–Crippen LogP) is 4.56. The van der Waals surface area contributed by atoms with Crippen molar-refractivity contribution in [3.63, 3.8) is 0 Å².